The average Bonchev–Trinajstić information content (AvgIpc) is 3.97. The maximum absolute atomic E-state index is 15.0. The van der Waals surface area contributed by atoms with Crippen LogP contribution >= 0.6 is 0 Å². The number of nitrogens with one attached hydrogen (secondary N) is 2. The summed E-state index contributed by atoms with van der Waals surface area (Å²) >= 11 is 0. The number of ether oxygens (including phenoxy) is 7. The van der Waals surface area contributed by atoms with Crippen LogP contribution in [0.25, 0.3) is 5.69 Å². The molecule has 442 valence electrons. The Bertz CT molecular complexity index is 2280. The Hall–Kier alpha value is -3.46. The van der Waals surface area contributed by atoms with Gasteiger partial charge in [0.15, 0.2) is 12.6 Å². The molecule has 0 spiro atoms. The highest BCUT2D eigenvalue weighted by Crippen LogP contribution is 2.42. The van der Waals surface area contributed by atoms with Crippen molar-refractivity contribution in [2.75, 3.05) is 48.1 Å². The molecule has 1 aliphatic carbocycles. The van der Waals surface area contributed by atoms with Gasteiger partial charge in [0.1, 0.15) is 48.8 Å². The maximum Gasteiger partial charge on any atom is 0.311 e. The number of aliphatic hydroxyl groups is 5. The van der Waals surface area contributed by atoms with Gasteiger partial charge in [0, 0.05) is 76.0 Å². The fourth-order valence-corrected chi connectivity index (χ4v) is 12.4. The molecule has 5 heterocycles. The SMILES string of the molecule is CC[C@H]1OC(=O)[C@H](C)[C@@H](O[C@H]2C[C@@](C)(OC)[C@@H](O)[C@H](C)O2)[C@H](C)[C@@H](O[C@@H]2O[C@H](C)C[C@H](N(C)CCC3=CN([C@H](CF)[C@H](OC)c4ccc(-n5cc(C6CC6)nn5)cc4)NN3)[C@H]2O)[C@](C)(O)C[C@@H](C)CN(C)[C@H](C)[C@@H](O)[C@]1(C)O. The number of aromatic nitrogens is 3. The van der Waals surface area contributed by atoms with E-state index in [0.29, 0.717) is 31.8 Å². The molecule has 5 aliphatic rings. The first kappa shape index (κ1) is 62.1. The number of halogens is 1. The van der Waals surface area contributed by atoms with Crippen molar-refractivity contribution in [3.05, 3.63) is 53.6 Å². The number of benzene rings is 1. The fourth-order valence-electron chi connectivity index (χ4n) is 12.4. The Morgan fingerprint density at radius 1 is 0.974 bits per heavy atom. The molecule has 0 radical (unpaired) electrons. The smallest absolute Gasteiger partial charge is 0.311 e. The van der Waals surface area contributed by atoms with E-state index in [2.05, 4.69) is 21.3 Å². The van der Waals surface area contributed by atoms with E-state index >= 15 is 4.39 Å². The van der Waals surface area contributed by atoms with Gasteiger partial charge >= 0.3 is 5.97 Å². The molecule has 4 fully saturated rings. The molecule has 7 rings (SSSR count). The zero-order valence-corrected chi connectivity index (χ0v) is 48.5. The largest absolute Gasteiger partial charge is 0.459 e. The van der Waals surface area contributed by atoms with E-state index in [-0.39, 0.29) is 25.2 Å². The van der Waals surface area contributed by atoms with Crippen LogP contribution in [0.1, 0.15) is 137 Å². The minimum atomic E-state index is -1.85. The van der Waals surface area contributed by atoms with Crippen molar-refractivity contribution in [1.82, 2.24) is 40.8 Å². The van der Waals surface area contributed by atoms with Crippen LogP contribution in [0.2, 0.25) is 0 Å². The summed E-state index contributed by atoms with van der Waals surface area (Å²) in [6.45, 7) is 17.7. The van der Waals surface area contributed by atoms with Crippen molar-refractivity contribution in [2.24, 2.45) is 17.8 Å². The molecule has 7 N–H and O–H groups in total. The molecular weight excluding hydrogens is 1010 g/mol. The van der Waals surface area contributed by atoms with E-state index in [1.807, 2.05) is 81.3 Å². The number of nitrogens with zero attached hydrogens (tertiary/aromatic N) is 6. The van der Waals surface area contributed by atoms with Crippen LogP contribution < -0.4 is 11.0 Å². The van der Waals surface area contributed by atoms with Crippen molar-refractivity contribution in [1.29, 1.82) is 0 Å². The third-order valence-electron chi connectivity index (χ3n) is 17.6. The molecule has 22 heteroatoms. The molecule has 20 atom stereocenters. The van der Waals surface area contributed by atoms with Gasteiger partial charge in [-0.1, -0.05) is 38.1 Å². The average molecular weight is 1110 g/mol. The fraction of sp³-hybridized carbons (Fsp3) is 0.804. The van der Waals surface area contributed by atoms with Crippen molar-refractivity contribution < 1.29 is 67.9 Å². The lowest BCUT2D eigenvalue weighted by Gasteiger charge is -2.49. The summed E-state index contributed by atoms with van der Waals surface area (Å²) in [4.78, 5) is 18.5. The Morgan fingerprint density at radius 2 is 1.67 bits per heavy atom. The van der Waals surface area contributed by atoms with Gasteiger partial charge in [-0.05, 0) is 118 Å². The summed E-state index contributed by atoms with van der Waals surface area (Å²) < 4.78 is 61.1. The third kappa shape index (κ3) is 13.9. The van der Waals surface area contributed by atoms with Crippen LogP contribution in [0.15, 0.2) is 42.4 Å². The number of hydrogen-bond acceptors (Lipinski definition) is 20. The summed E-state index contributed by atoms with van der Waals surface area (Å²) in [5, 5.41) is 70.3. The standard InChI is InChI=1S/C56H93FN8O13/c1-15-44-56(10,71)49(67)35(6)63(12)28-31(2)25-54(8,70)51(33(4)47(34(5)52(69)76-44)77-45-26-55(9,73-14)50(68)36(7)75-45)78-53-46(66)42(24-32(3)74-53)62(11)23-22-39-29-65(60-58-39)43(27-57)48(72-13)38-18-20-40(21-19-38)64-30-41(59-61-64)37-16-17-37/h18-21,29-37,42-51,53,58,60,66-68,70-71H,15-17,22-28H2,1-14H3/t31-,32-,33+,34-,35-,36+,42+,43-,44-,45+,46-,47+,48-,49-,50+,51-,53+,54-,55-,56-/m1/s1. The van der Waals surface area contributed by atoms with E-state index in [9.17, 15) is 30.3 Å². The molecule has 0 amide bonds. The Balaban J connectivity index is 1.10. The number of carbonyl (C=O) groups is 1. The lowest BCUT2D eigenvalue weighted by molar-refractivity contribution is -0.318. The monoisotopic (exact) mass is 1100 g/mol. The summed E-state index contributed by atoms with van der Waals surface area (Å²) in [6, 6.07) is 5.90. The molecular formula is C56H93FN8O13. The number of hydrazine groups is 2. The highest BCUT2D eigenvalue weighted by atomic mass is 19.1. The normalized spacial score (nSPS) is 39.7. The number of carbonyl (C=O) groups excluding carboxylic acids is 1. The molecule has 1 saturated carbocycles. The molecule has 0 unspecified atom stereocenters. The van der Waals surface area contributed by atoms with Gasteiger partial charge < -0.3 is 73.9 Å². The molecule has 1 aromatic carbocycles. The number of rotatable bonds is 17. The predicted molar refractivity (Wildman–Crippen MR) is 287 cm³/mol. The Morgan fingerprint density at radius 3 is 2.29 bits per heavy atom. The number of esters is 1. The minimum absolute atomic E-state index is 0.0871. The van der Waals surface area contributed by atoms with Gasteiger partial charge in [-0.15, -0.1) is 10.6 Å². The summed E-state index contributed by atoms with van der Waals surface area (Å²) in [5.41, 5.74) is 5.14. The summed E-state index contributed by atoms with van der Waals surface area (Å²) in [6.07, 6.45) is -3.45. The first-order valence-corrected chi connectivity index (χ1v) is 28.2. The zero-order chi connectivity index (χ0) is 57.2. The topological polar surface area (TPSA) is 247 Å². The van der Waals surface area contributed by atoms with Crippen LogP contribution in [-0.2, 0) is 38.0 Å². The molecule has 4 aliphatic heterocycles. The number of methoxy groups -OCH3 is 2. The van der Waals surface area contributed by atoms with Gasteiger partial charge in [-0.2, -0.15) is 0 Å². The van der Waals surface area contributed by atoms with Crippen LogP contribution in [0.5, 0.6) is 0 Å². The quantitative estimate of drug-likeness (QED) is 0.111. The van der Waals surface area contributed by atoms with E-state index in [1.54, 1.807) is 58.3 Å². The van der Waals surface area contributed by atoms with E-state index in [4.69, 9.17) is 33.2 Å². The predicted octanol–water partition coefficient (Wildman–Crippen LogP) is 4.01. The number of likely N-dealkylation sites (N-methyl/N-ethyl adjacent to an activating group) is 2. The van der Waals surface area contributed by atoms with Crippen LogP contribution in [0.3, 0.4) is 0 Å². The van der Waals surface area contributed by atoms with Gasteiger partial charge in [-0.25, -0.2) is 9.07 Å². The van der Waals surface area contributed by atoms with Crippen LogP contribution in [-0.4, -0.2) is 206 Å². The zero-order valence-electron chi connectivity index (χ0n) is 48.5. The van der Waals surface area contributed by atoms with Gasteiger partial charge in [0.05, 0.1) is 59.1 Å². The summed E-state index contributed by atoms with van der Waals surface area (Å²) in [7, 11) is 6.81. The van der Waals surface area contributed by atoms with Gasteiger partial charge in [-0.3, -0.25) is 9.80 Å². The lowest BCUT2D eigenvalue weighted by atomic mass is 9.77. The van der Waals surface area contributed by atoms with Crippen LogP contribution in [0.4, 0.5) is 4.39 Å². The second kappa shape index (κ2) is 25.8. The van der Waals surface area contributed by atoms with Gasteiger partial charge in [0.25, 0.3) is 0 Å². The van der Waals surface area contributed by atoms with Crippen LogP contribution in [0, 0.1) is 17.8 Å². The number of cyclic esters (lactones) is 1. The van der Waals surface area contributed by atoms with E-state index in [0.717, 1.165) is 35.5 Å². The van der Waals surface area contributed by atoms with E-state index in [1.165, 1.54) is 14.0 Å². The Labute approximate surface area is 460 Å². The molecule has 2 aromatic rings. The second-order valence-electron chi connectivity index (χ2n) is 24.1. The van der Waals surface area contributed by atoms with Crippen molar-refractivity contribution >= 4 is 5.97 Å². The number of alkyl halides is 1. The molecule has 78 heavy (non-hydrogen) atoms. The number of hydrogen-bond donors (Lipinski definition) is 7. The van der Waals surface area contributed by atoms with Gasteiger partial charge in [0.2, 0.25) is 0 Å². The van der Waals surface area contributed by atoms with Crippen molar-refractivity contribution in [3.8, 4) is 5.69 Å². The number of aliphatic hydroxyl groups excluding tert-OH is 3. The van der Waals surface area contributed by atoms with Crippen molar-refractivity contribution in [3.63, 3.8) is 0 Å². The highest BCUT2D eigenvalue weighted by Gasteiger charge is 2.53. The lowest BCUT2D eigenvalue weighted by Crippen LogP contribution is -2.61. The minimum Gasteiger partial charge on any atom is -0.459 e. The first-order chi connectivity index (χ1) is 36.8. The molecule has 21 nitrogen and oxygen atoms in total. The van der Waals surface area contributed by atoms with Crippen molar-refractivity contribution in [2.45, 2.75) is 223 Å². The second-order valence-corrected chi connectivity index (χ2v) is 24.1. The van der Waals surface area contributed by atoms with E-state index < -0.39 is 127 Å². The maximum atomic E-state index is 15.0. The first-order valence-electron chi connectivity index (χ1n) is 28.2. The Kier molecular flexibility index (Phi) is 20.5. The molecule has 1 aromatic heterocycles. The third-order valence-corrected chi connectivity index (χ3v) is 17.6. The molecule has 0 bridgehead atoms. The summed E-state index contributed by atoms with van der Waals surface area (Å²) in [5.74, 6) is -2.38. The highest BCUT2D eigenvalue weighted by molar-refractivity contribution is 5.73. The molecule has 3 saturated heterocycles.